The minimum absolute atomic E-state index is 0.256. The molecule has 1 fully saturated rings. The first-order chi connectivity index (χ1) is 9.87. The molecule has 2 rings (SSSR count). The third-order valence-corrected chi connectivity index (χ3v) is 4.36. The van der Waals surface area contributed by atoms with E-state index < -0.39 is 17.0 Å². The highest BCUT2D eigenvalue weighted by Gasteiger charge is 2.57. The summed E-state index contributed by atoms with van der Waals surface area (Å²) in [7, 11) is 1.58. The Kier molecular flexibility index (Phi) is 3.89. The lowest BCUT2D eigenvalue weighted by Gasteiger charge is -2.29. The van der Waals surface area contributed by atoms with E-state index in [9.17, 15) is 15.2 Å². The van der Waals surface area contributed by atoms with Gasteiger partial charge in [-0.1, -0.05) is 29.8 Å². The standard InChI is InChI=1S/C17H19NO3/c1-12-4-5-13(14(10-12)15(19)20)6-7-16(2,21-3)17(11-18)8-9-17/h4-7,10H,8-9H2,1-3H3,(H,19,20)/b7-6+/t16-/m0/s1. The number of hydrogen-bond acceptors (Lipinski definition) is 3. The van der Waals surface area contributed by atoms with Crippen LogP contribution in [0, 0.1) is 23.7 Å². The maximum atomic E-state index is 11.3. The maximum absolute atomic E-state index is 11.3. The van der Waals surface area contributed by atoms with Crippen LogP contribution < -0.4 is 0 Å². The van der Waals surface area contributed by atoms with Crippen molar-refractivity contribution in [2.24, 2.45) is 5.41 Å². The molecule has 1 N–H and O–H groups in total. The predicted octanol–water partition coefficient (Wildman–Crippen LogP) is 3.42. The zero-order valence-electron chi connectivity index (χ0n) is 12.5. The van der Waals surface area contributed by atoms with Gasteiger partial charge in [0.05, 0.1) is 17.0 Å². The van der Waals surface area contributed by atoms with Crippen molar-refractivity contribution in [2.45, 2.75) is 32.3 Å². The molecule has 110 valence electrons. The summed E-state index contributed by atoms with van der Waals surface area (Å²) in [5.41, 5.74) is 0.570. The van der Waals surface area contributed by atoms with E-state index in [0.29, 0.717) is 5.56 Å². The van der Waals surface area contributed by atoms with Crippen molar-refractivity contribution >= 4 is 12.0 Å². The van der Waals surface area contributed by atoms with Crippen molar-refractivity contribution in [3.05, 3.63) is 41.0 Å². The molecule has 1 aromatic rings. The smallest absolute Gasteiger partial charge is 0.336 e. The second-order valence-electron chi connectivity index (χ2n) is 5.73. The molecular formula is C17H19NO3. The fourth-order valence-corrected chi connectivity index (χ4v) is 2.52. The molecule has 4 nitrogen and oxygen atoms in total. The number of aromatic carboxylic acids is 1. The number of rotatable bonds is 5. The molecule has 0 aliphatic heterocycles. The molecule has 21 heavy (non-hydrogen) atoms. The zero-order chi connectivity index (χ0) is 15.7. The highest BCUT2D eigenvalue weighted by Crippen LogP contribution is 2.55. The summed E-state index contributed by atoms with van der Waals surface area (Å²) in [5, 5.41) is 18.6. The van der Waals surface area contributed by atoms with Gasteiger partial charge in [0.25, 0.3) is 0 Å². The summed E-state index contributed by atoms with van der Waals surface area (Å²) in [6, 6.07) is 7.62. The summed E-state index contributed by atoms with van der Waals surface area (Å²) in [6.45, 7) is 3.72. The summed E-state index contributed by atoms with van der Waals surface area (Å²) >= 11 is 0. The van der Waals surface area contributed by atoms with Crippen molar-refractivity contribution in [2.75, 3.05) is 7.11 Å². The van der Waals surface area contributed by atoms with Crippen LogP contribution >= 0.6 is 0 Å². The first-order valence-electron chi connectivity index (χ1n) is 6.87. The number of benzene rings is 1. The van der Waals surface area contributed by atoms with Gasteiger partial charge in [0, 0.05) is 7.11 Å². The van der Waals surface area contributed by atoms with Crippen molar-refractivity contribution in [3.63, 3.8) is 0 Å². The van der Waals surface area contributed by atoms with Crippen LogP contribution in [0.25, 0.3) is 6.08 Å². The third-order valence-electron chi connectivity index (χ3n) is 4.36. The van der Waals surface area contributed by atoms with Crippen molar-refractivity contribution in [1.82, 2.24) is 0 Å². The van der Waals surface area contributed by atoms with E-state index in [1.807, 2.05) is 19.9 Å². The van der Waals surface area contributed by atoms with E-state index >= 15 is 0 Å². The molecular weight excluding hydrogens is 266 g/mol. The predicted molar refractivity (Wildman–Crippen MR) is 79.9 cm³/mol. The van der Waals surface area contributed by atoms with Gasteiger partial charge in [-0.3, -0.25) is 0 Å². The van der Waals surface area contributed by atoms with E-state index in [2.05, 4.69) is 6.07 Å². The molecule has 0 aromatic heterocycles. The lowest BCUT2D eigenvalue weighted by atomic mass is 9.85. The fraction of sp³-hybridized carbons (Fsp3) is 0.412. The SMILES string of the molecule is CO[C@@](C)(/C=C/c1ccc(C)cc1C(=O)O)C1(C#N)CC1. The summed E-state index contributed by atoms with van der Waals surface area (Å²) in [5.74, 6) is -0.959. The quantitative estimate of drug-likeness (QED) is 0.900. The van der Waals surface area contributed by atoms with E-state index in [1.165, 1.54) is 0 Å². The van der Waals surface area contributed by atoms with Gasteiger partial charge in [-0.05, 0) is 38.3 Å². The van der Waals surface area contributed by atoms with Gasteiger partial charge in [0.2, 0.25) is 0 Å². The van der Waals surface area contributed by atoms with Crippen LogP contribution in [-0.4, -0.2) is 23.8 Å². The molecule has 1 saturated carbocycles. The largest absolute Gasteiger partial charge is 0.478 e. The van der Waals surface area contributed by atoms with E-state index in [1.54, 1.807) is 31.4 Å². The molecule has 1 aromatic carbocycles. The van der Waals surface area contributed by atoms with Gasteiger partial charge in [0.1, 0.15) is 5.60 Å². The van der Waals surface area contributed by atoms with Crippen LogP contribution in [0.2, 0.25) is 0 Å². The van der Waals surface area contributed by atoms with Crippen LogP contribution in [-0.2, 0) is 4.74 Å². The first-order valence-corrected chi connectivity index (χ1v) is 6.87. The van der Waals surface area contributed by atoms with Crippen LogP contribution in [0.15, 0.2) is 24.3 Å². The average molecular weight is 285 g/mol. The number of carboxylic acids is 1. The van der Waals surface area contributed by atoms with Crippen LogP contribution in [0.3, 0.4) is 0 Å². The van der Waals surface area contributed by atoms with Crippen LogP contribution in [0.4, 0.5) is 0 Å². The number of methoxy groups -OCH3 is 1. The molecule has 0 bridgehead atoms. The Morgan fingerprint density at radius 3 is 2.67 bits per heavy atom. The molecule has 0 radical (unpaired) electrons. The summed E-state index contributed by atoms with van der Waals surface area (Å²) in [4.78, 5) is 11.3. The molecule has 0 unspecified atom stereocenters. The second kappa shape index (κ2) is 5.34. The van der Waals surface area contributed by atoms with E-state index in [0.717, 1.165) is 18.4 Å². The highest BCUT2D eigenvalue weighted by molar-refractivity contribution is 5.92. The first kappa shape index (κ1) is 15.3. The third kappa shape index (κ3) is 2.70. The van der Waals surface area contributed by atoms with Gasteiger partial charge in [-0.2, -0.15) is 5.26 Å². The lowest BCUT2D eigenvalue weighted by molar-refractivity contribution is 0.00670. The Hall–Kier alpha value is -2.12. The number of hydrogen-bond donors (Lipinski definition) is 1. The lowest BCUT2D eigenvalue weighted by Crippen LogP contribution is -2.35. The molecule has 0 saturated heterocycles. The van der Waals surface area contributed by atoms with Crippen molar-refractivity contribution < 1.29 is 14.6 Å². The highest BCUT2D eigenvalue weighted by atomic mass is 16.5. The Bertz CT molecular complexity index is 638. The zero-order valence-corrected chi connectivity index (χ0v) is 12.5. The molecule has 0 amide bonds. The molecule has 1 aliphatic rings. The fourth-order valence-electron chi connectivity index (χ4n) is 2.52. The Labute approximate surface area is 124 Å². The van der Waals surface area contributed by atoms with Gasteiger partial charge < -0.3 is 9.84 Å². The topological polar surface area (TPSA) is 70.3 Å². The van der Waals surface area contributed by atoms with Gasteiger partial charge in [-0.25, -0.2) is 4.79 Å². The molecule has 0 heterocycles. The summed E-state index contributed by atoms with van der Waals surface area (Å²) in [6.07, 6.45) is 5.15. The molecule has 1 aliphatic carbocycles. The van der Waals surface area contributed by atoms with Gasteiger partial charge in [0.15, 0.2) is 0 Å². The minimum Gasteiger partial charge on any atom is -0.478 e. The Balaban J connectivity index is 2.37. The Morgan fingerprint density at radius 1 is 1.52 bits per heavy atom. The minimum atomic E-state index is -0.959. The molecule has 0 spiro atoms. The van der Waals surface area contributed by atoms with Crippen molar-refractivity contribution in [3.8, 4) is 6.07 Å². The van der Waals surface area contributed by atoms with E-state index in [4.69, 9.17) is 4.74 Å². The van der Waals surface area contributed by atoms with Crippen molar-refractivity contribution in [1.29, 1.82) is 5.26 Å². The normalized spacial score (nSPS) is 19.0. The van der Waals surface area contributed by atoms with Crippen LogP contribution in [0.5, 0.6) is 0 Å². The summed E-state index contributed by atoms with van der Waals surface area (Å²) < 4.78 is 5.55. The van der Waals surface area contributed by atoms with Gasteiger partial charge in [-0.15, -0.1) is 0 Å². The van der Waals surface area contributed by atoms with E-state index in [-0.39, 0.29) is 5.56 Å². The number of carbonyl (C=O) groups is 1. The monoisotopic (exact) mass is 285 g/mol. The number of nitriles is 1. The average Bonchev–Trinajstić information content (AvgIpc) is 3.27. The number of ether oxygens (including phenoxy) is 1. The molecule has 1 atom stereocenters. The number of nitrogens with zero attached hydrogens (tertiary/aromatic N) is 1. The second-order valence-corrected chi connectivity index (χ2v) is 5.73. The maximum Gasteiger partial charge on any atom is 0.336 e. The number of carboxylic acid groups (broad SMARTS) is 1. The number of aryl methyl sites for hydroxylation is 1. The van der Waals surface area contributed by atoms with Gasteiger partial charge >= 0.3 is 5.97 Å². The Morgan fingerprint density at radius 2 is 2.19 bits per heavy atom. The van der Waals surface area contributed by atoms with Crippen LogP contribution in [0.1, 0.15) is 41.3 Å². The molecule has 4 heteroatoms.